The van der Waals surface area contributed by atoms with Crippen LogP contribution in [0.1, 0.15) is 37.4 Å². The number of nitrogens with one attached hydrogen (secondary N) is 1. The summed E-state index contributed by atoms with van der Waals surface area (Å²) in [6.45, 7) is 5.33. The van der Waals surface area contributed by atoms with E-state index >= 15 is 0 Å². The fourth-order valence-electron chi connectivity index (χ4n) is 3.69. The number of hydrogen-bond acceptors (Lipinski definition) is 3. The predicted octanol–water partition coefficient (Wildman–Crippen LogP) is 4.66. The van der Waals surface area contributed by atoms with Gasteiger partial charge in [0.25, 0.3) is 0 Å². The molecule has 0 heterocycles. The molecule has 1 aliphatic rings. The summed E-state index contributed by atoms with van der Waals surface area (Å²) >= 11 is 0. The molecule has 0 aliphatic heterocycles. The molecule has 2 aromatic carbocycles. The van der Waals surface area contributed by atoms with Crippen molar-refractivity contribution < 1.29 is 19.4 Å². The van der Waals surface area contributed by atoms with Gasteiger partial charge in [0.15, 0.2) is 0 Å². The molecule has 144 valence electrons. The lowest BCUT2D eigenvalue weighted by molar-refractivity contribution is 0.146. The molecule has 0 radical (unpaired) electrons. The molecule has 0 aromatic heterocycles. The minimum absolute atomic E-state index is 0.103. The molecule has 0 saturated heterocycles. The molecule has 2 aromatic rings. The second kappa shape index (κ2) is 8.01. The first-order valence-electron chi connectivity index (χ1n) is 9.25. The van der Waals surface area contributed by atoms with Crippen molar-refractivity contribution in [2.45, 2.75) is 32.7 Å². The van der Waals surface area contributed by atoms with Crippen molar-refractivity contribution in [1.82, 2.24) is 5.32 Å². The van der Waals surface area contributed by atoms with Gasteiger partial charge >= 0.3 is 6.09 Å². The molecular weight excluding hydrogens is 342 g/mol. The number of methoxy groups -OCH3 is 1. The van der Waals surface area contributed by atoms with E-state index in [0.717, 1.165) is 35.3 Å². The molecule has 0 fully saturated rings. The van der Waals surface area contributed by atoms with Crippen LogP contribution in [-0.4, -0.2) is 31.5 Å². The van der Waals surface area contributed by atoms with Crippen LogP contribution in [0.2, 0.25) is 0 Å². The number of hydrogen-bond donors (Lipinski definition) is 2. The number of ether oxygens (including phenoxy) is 2. The highest BCUT2D eigenvalue weighted by Crippen LogP contribution is 2.44. The molecule has 0 bridgehead atoms. The molecule has 1 atom stereocenters. The molecular formula is C22H27NO4. The first kappa shape index (κ1) is 19.2. The minimum atomic E-state index is -0.978. The fourth-order valence-corrected chi connectivity index (χ4v) is 3.69. The topological polar surface area (TPSA) is 67.8 Å². The van der Waals surface area contributed by atoms with Gasteiger partial charge < -0.3 is 19.9 Å². The molecule has 1 unspecified atom stereocenters. The number of carboxylic acid groups (broad SMARTS) is 1. The van der Waals surface area contributed by atoms with Crippen molar-refractivity contribution in [1.29, 1.82) is 0 Å². The number of benzene rings is 2. The summed E-state index contributed by atoms with van der Waals surface area (Å²) in [4.78, 5) is 11.2. The highest BCUT2D eigenvalue weighted by atomic mass is 16.5. The van der Waals surface area contributed by atoms with Crippen LogP contribution in [0.3, 0.4) is 0 Å². The number of carbonyl (C=O) groups is 1. The molecule has 0 spiro atoms. The monoisotopic (exact) mass is 369 g/mol. The van der Waals surface area contributed by atoms with E-state index in [2.05, 4.69) is 37.4 Å². The van der Waals surface area contributed by atoms with Crippen molar-refractivity contribution in [3.05, 3.63) is 53.6 Å². The van der Waals surface area contributed by atoms with Gasteiger partial charge in [0.2, 0.25) is 0 Å². The predicted molar refractivity (Wildman–Crippen MR) is 105 cm³/mol. The van der Waals surface area contributed by atoms with Crippen LogP contribution < -0.4 is 10.1 Å². The number of aryl methyl sites for hydroxylation is 1. The first-order valence-corrected chi connectivity index (χ1v) is 9.25. The zero-order valence-corrected chi connectivity index (χ0v) is 16.1. The molecule has 0 saturated carbocycles. The van der Waals surface area contributed by atoms with Gasteiger partial charge in [-0.25, -0.2) is 4.79 Å². The molecule has 3 rings (SSSR count). The largest absolute Gasteiger partial charge is 0.491 e. The van der Waals surface area contributed by atoms with E-state index in [-0.39, 0.29) is 11.5 Å². The zero-order chi connectivity index (χ0) is 19.4. The Kier molecular flexibility index (Phi) is 5.71. The third kappa shape index (κ3) is 4.42. The lowest BCUT2D eigenvalue weighted by atomic mass is 9.70. The van der Waals surface area contributed by atoms with Crippen molar-refractivity contribution in [3.63, 3.8) is 0 Å². The lowest BCUT2D eigenvalue weighted by Crippen LogP contribution is -2.40. The van der Waals surface area contributed by atoms with Crippen LogP contribution in [0.25, 0.3) is 11.1 Å². The van der Waals surface area contributed by atoms with E-state index in [1.54, 1.807) is 7.11 Å². The summed E-state index contributed by atoms with van der Waals surface area (Å²) in [5, 5.41) is 11.9. The van der Waals surface area contributed by atoms with Crippen LogP contribution >= 0.6 is 0 Å². The maximum Gasteiger partial charge on any atom is 0.405 e. The zero-order valence-electron chi connectivity index (χ0n) is 16.1. The Hall–Kier alpha value is -2.53. The Bertz CT molecular complexity index is 798. The highest BCUT2D eigenvalue weighted by Gasteiger charge is 2.36. The third-order valence-corrected chi connectivity index (χ3v) is 5.29. The van der Waals surface area contributed by atoms with Crippen LogP contribution in [0.5, 0.6) is 5.75 Å². The van der Waals surface area contributed by atoms with E-state index < -0.39 is 6.09 Å². The van der Waals surface area contributed by atoms with E-state index in [9.17, 15) is 9.90 Å². The van der Waals surface area contributed by atoms with Gasteiger partial charge in [0.1, 0.15) is 12.4 Å². The molecule has 5 nitrogen and oxygen atoms in total. The highest BCUT2D eigenvalue weighted by molar-refractivity contribution is 5.68. The summed E-state index contributed by atoms with van der Waals surface area (Å²) in [5.41, 5.74) is 4.44. The van der Waals surface area contributed by atoms with Crippen molar-refractivity contribution in [2.75, 3.05) is 20.3 Å². The summed E-state index contributed by atoms with van der Waals surface area (Å²) in [7, 11) is 1.65. The fraction of sp³-hybridized carbons (Fsp3) is 0.409. The summed E-state index contributed by atoms with van der Waals surface area (Å²) in [6.07, 6.45) is 0.918. The smallest absolute Gasteiger partial charge is 0.405 e. The lowest BCUT2D eigenvalue weighted by Gasteiger charge is -2.40. The Morgan fingerprint density at radius 3 is 2.52 bits per heavy atom. The summed E-state index contributed by atoms with van der Waals surface area (Å²) in [6, 6.07) is 14.1. The van der Waals surface area contributed by atoms with Gasteiger partial charge in [-0.1, -0.05) is 44.2 Å². The summed E-state index contributed by atoms with van der Waals surface area (Å²) in [5.74, 6) is 0.821. The molecule has 1 aliphatic carbocycles. The third-order valence-electron chi connectivity index (χ3n) is 5.29. The van der Waals surface area contributed by atoms with Gasteiger partial charge in [0.05, 0.1) is 12.6 Å². The van der Waals surface area contributed by atoms with Crippen LogP contribution in [0.15, 0.2) is 42.5 Å². The van der Waals surface area contributed by atoms with E-state index in [0.29, 0.717) is 13.2 Å². The quantitative estimate of drug-likeness (QED) is 0.727. The second-order valence-electron chi connectivity index (χ2n) is 7.65. The van der Waals surface area contributed by atoms with Gasteiger partial charge in [0, 0.05) is 7.11 Å². The normalized spacial score (nSPS) is 17.8. The van der Waals surface area contributed by atoms with Crippen molar-refractivity contribution >= 4 is 6.09 Å². The maximum absolute atomic E-state index is 11.2. The van der Waals surface area contributed by atoms with Gasteiger partial charge in [-0.2, -0.15) is 0 Å². The Labute approximate surface area is 160 Å². The molecule has 1 amide bonds. The first-order chi connectivity index (χ1) is 12.9. The van der Waals surface area contributed by atoms with E-state index in [4.69, 9.17) is 9.47 Å². The van der Waals surface area contributed by atoms with Crippen molar-refractivity contribution in [2.24, 2.45) is 5.41 Å². The number of rotatable bonds is 6. The maximum atomic E-state index is 11.2. The van der Waals surface area contributed by atoms with Crippen molar-refractivity contribution in [3.8, 4) is 16.9 Å². The number of fused-ring (bicyclic) bond motifs is 1. The Balaban J connectivity index is 1.82. The van der Waals surface area contributed by atoms with Gasteiger partial charge in [-0.05, 0) is 52.6 Å². The van der Waals surface area contributed by atoms with Gasteiger partial charge in [-0.15, -0.1) is 0 Å². The SMILES string of the molecule is COCCOc1ccc(-c2ccc3c(c2)CCC(C)(C)C3NC(=O)O)cc1. The van der Waals surface area contributed by atoms with Crippen LogP contribution in [0, 0.1) is 5.41 Å². The molecule has 27 heavy (non-hydrogen) atoms. The van der Waals surface area contributed by atoms with Gasteiger partial charge in [-0.3, -0.25) is 0 Å². The standard InChI is InChI=1S/C22H27NO4/c1-22(2)11-10-17-14-16(6-9-19(17)20(22)23-21(24)25)15-4-7-18(8-5-15)27-13-12-26-3/h4-9,14,20,23H,10-13H2,1-3H3,(H,24,25). The minimum Gasteiger partial charge on any atom is -0.491 e. The Morgan fingerprint density at radius 1 is 1.15 bits per heavy atom. The molecule has 2 N–H and O–H groups in total. The van der Waals surface area contributed by atoms with Crippen LogP contribution in [-0.2, 0) is 11.2 Å². The second-order valence-corrected chi connectivity index (χ2v) is 7.65. The Morgan fingerprint density at radius 2 is 1.85 bits per heavy atom. The van der Waals surface area contributed by atoms with E-state index in [1.807, 2.05) is 24.3 Å². The summed E-state index contributed by atoms with van der Waals surface area (Å²) < 4.78 is 10.6. The molecule has 5 heteroatoms. The number of amides is 1. The average molecular weight is 369 g/mol. The van der Waals surface area contributed by atoms with E-state index in [1.165, 1.54) is 5.56 Å². The van der Waals surface area contributed by atoms with Crippen LogP contribution in [0.4, 0.5) is 4.79 Å². The average Bonchev–Trinajstić information content (AvgIpc) is 2.64.